The number of hydrogen-bond acceptors (Lipinski definition) is 3. The van der Waals surface area contributed by atoms with Crippen LogP contribution in [-0.2, 0) is 17.9 Å². The lowest BCUT2D eigenvalue weighted by Crippen LogP contribution is -2.38. The maximum absolute atomic E-state index is 9.40. The Labute approximate surface area is 151 Å². The predicted octanol–water partition coefficient (Wildman–Crippen LogP) is 2.97. The lowest BCUT2D eigenvalue weighted by Gasteiger charge is -2.22. The number of aliphatic hydroxyl groups is 1. The number of nitrogens with zero attached hydrogens (tertiary/aromatic N) is 1. The number of guanidine groups is 1. The third-order valence-electron chi connectivity index (χ3n) is 4.56. The van der Waals surface area contributed by atoms with E-state index in [0.29, 0.717) is 12.6 Å². The lowest BCUT2D eigenvalue weighted by molar-refractivity contribution is 0.0277. The molecular formula is C20H33N3O2. The van der Waals surface area contributed by atoms with E-state index in [1.54, 1.807) is 0 Å². The Morgan fingerprint density at radius 2 is 1.92 bits per heavy atom. The Morgan fingerprint density at radius 1 is 1.16 bits per heavy atom. The normalized spacial score (nSPS) is 16.0. The zero-order valence-corrected chi connectivity index (χ0v) is 15.5. The molecule has 5 nitrogen and oxygen atoms in total. The molecule has 0 bridgehead atoms. The molecule has 0 radical (unpaired) electrons. The first-order valence-corrected chi connectivity index (χ1v) is 9.65. The average Bonchev–Trinajstić information content (AvgIpc) is 2.66. The minimum atomic E-state index is 0.0498. The van der Waals surface area contributed by atoms with Gasteiger partial charge in [0, 0.05) is 19.7 Å². The molecule has 0 unspecified atom stereocenters. The van der Waals surface area contributed by atoms with Gasteiger partial charge in [-0.2, -0.15) is 0 Å². The van der Waals surface area contributed by atoms with Crippen LogP contribution in [0.5, 0.6) is 0 Å². The Bertz CT molecular complexity index is 513. The second-order valence-electron chi connectivity index (χ2n) is 6.53. The fourth-order valence-electron chi connectivity index (χ4n) is 3.13. The maximum atomic E-state index is 9.40. The van der Waals surface area contributed by atoms with Crippen LogP contribution < -0.4 is 10.6 Å². The largest absolute Gasteiger partial charge is 0.392 e. The Balaban J connectivity index is 1.71. The standard InChI is InChI=1S/C20H33N3O2/c1-2-21-20(23-15-17-9-6-7-10-18(17)16-24)22-13-8-14-25-19-11-4-3-5-12-19/h6-7,9-10,19,24H,2-5,8,11-16H2,1H3,(H2,21,22,23). The Morgan fingerprint density at radius 3 is 2.64 bits per heavy atom. The van der Waals surface area contributed by atoms with Crippen molar-refractivity contribution in [3.05, 3.63) is 35.4 Å². The molecule has 1 aliphatic rings. The third-order valence-corrected chi connectivity index (χ3v) is 4.56. The van der Waals surface area contributed by atoms with Gasteiger partial charge in [0.1, 0.15) is 0 Å². The molecule has 3 N–H and O–H groups in total. The van der Waals surface area contributed by atoms with Crippen LogP contribution in [0, 0.1) is 0 Å². The molecule has 0 amide bonds. The van der Waals surface area contributed by atoms with Crippen LogP contribution in [0.2, 0.25) is 0 Å². The fourth-order valence-corrected chi connectivity index (χ4v) is 3.13. The van der Waals surface area contributed by atoms with Crippen LogP contribution in [0.1, 0.15) is 56.6 Å². The van der Waals surface area contributed by atoms with Gasteiger partial charge in [0.25, 0.3) is 0 Å². The third kappa shape index (κ3) is 7.45. The molecule has 2 rings (SSSR count). The number of rotatable bonds is 9. The fraction of sp³-hybridized carbons (Fsp3) is 0.650. The van der Waals surface area contributed by atoms with Gasteiger partial charge in [0.15, 0.2) is 5.96 Å². The van der Waals surface area contributed by atoms with Gasteiger partial charge in [-0.15, -0.1) is 0 Å². The molecular weight excluding hydrogens is 314 g/mol. The minimum absolute atomic E-state index is 0.0498. The van der Waals surface area contributed by atoms with E-state index in [1.165, 1.54) is 32.1 Å². The average molecular weight is 348 g/mol. The summed E-state index contributed by atoms with van der Waals surface area (Å²) in [7, 11) is 0. The van der Waals surface area contributed by atoms with Gasteiger partial charge in [-0.05, 0) is 37.3 Å². The van der Waals surface area contributed by atoms with Gasteiger partial charge in [-0.3, -0.25) is 0 Å². The molecule has 1 aromatic carbocycles. The number of hydrogen-bond donors (Lipinski definition) is 3. The van der Waals surface area contributed by atoms with Crippen LogP contribution >= 0.6 is 0 Å². The molecule has 0 atom stereocenters. The highest BCUT2D eigenvalue weighted by molar-refractivity contribution is 5.79. The SMILES string of the molecule is CCNC(=NCc1ccccc1CO)NCCCOC1CCCCC1. The number of nitrogens with one attached hydrogen (secondary N) is 2. The van der Waals surface area contributed by atoms with Gasteiger partial charge >= 0.3 is 0 Å². The highest BCUT2D eigenvalue weighted by atomic mass is 16.5. The van der Waals surface area contributed by atoms with Gasteiger partial charge < -0.3 is 20.5 Å². The number of aliphatic imine (C=N–C) groups is 1. The van der Waals surface area contributed by atoms with Crippen molar-refractivity contribution in [3.63, 3.8) is 0 Å². The van der Waals surface area contributed by atoms with Gasteiger partial charge in [-0.25, -0.2) is 4.99 Å². The molecule has 0 aromatic heterocycles. The zero-order chi connectivity index (χ0) is 17.7. The molecule has 1 aromatic rings. The molecule has 1 saturated carbocycles. The zero-order valence-electron chi connectivity index (χ0n) is 15.5. The summed E-state index contributed by atoms with van der Waals surface area (Å²) in [5, 5.41) is 16.0. The van der Waals surface area contributed by atoms with Gasteiger partial charge in [-0.1, -0.05) is 43.5 Å². The summed E-state index contributed by atoms with van der Waals surface area (Å²) >= 11 is 0. The first-order valence-electron chi connectivity index (χ1n) is 9.65. The molecule has 0 spiro atoms. The van der Waals surface area contributed by atoms with Crippen molar-refractivity contribution in [1.29, 1.82) is 0 Å². The molecule has 5 heteroatoms. The first-order chi connectivity index (χ1) is 12.3. The van der Waals surface area contributed by atoms with Crippen molar-refractivity contribution in [2.24, 2.45) is 4.99 Å². The molecule has 1 aliphatic carbocycles. The summed E-state index contributed by atoms with van der Waals surface area (Å²) in [6.45, 7) is 5.15. The number of aliphatic hydroxyl groups excluding tert-OH is 1. The van der Waals surface area contributed by atoms with Crippen molar-refractivity contribution >= 4 is 5.96 Å². The van der Waals surface area contributed by atoms with Crippen LogP contribution in [0.25, 0.3) is 0 Å². The summed E-state index contributed by atoms with van der Waals surface area (Å²) in [5.74, 6) is 0.813. The van der Waals surface area contributed by atoms with E-state index in [1.807, 2.05) is 24.3 Å². The highest BCUT2D eigenvalue weighted by Crippen LogP contribution is 2.20. The molecule has 0 saturated heterocycles. The van der Waals surface area contributed by atoms with E-state index in [0.717, 1.165) is 43.2 Å². The molecule has 1 fully saturated rings. The van der Waals surface area contributed by atoms with E-state index < -0.39 is 0 Å². The Kier molecular flexibility index (Phi) is 9.37. The molecule has 0 aliphatic heterocycles. The summed E-state index contributed by atoms with van der Waals surface area (Å²) < 4.78 is 5.96. The van der Waals surface area contributed by atoms with Crippen molar-refractivity contribution < 1.29 is 9.84 Å². The number of benzene rings is 1. The second-order valence-corrected chi connectivity index (χ2v) is 6.53. The van der Waals surface area contributed by atoms with Crippen molar-refractivity contribution in [2.75, 3.05) is 19.7 Å². The highest BCUT2D eigenvalue weighted by Gasteiger charge is 2.12. The lowest BCUT2D eigenvalue weighted by atomic mass is 9.98. The number of ether oxygens (including phenoxy) is 1. The molecule has 0 heterocycles. The monoisotopic (exact) mass is 347 g/mol. The maximum Gasteiger partial charge on any atom is 0.191 e. The smallest absolute Gasteiger partial charge is 0.191 e. The predicted molar refractivity (Wildman–Crippen MR) is 103 cm³/mol. The molecule has 25 heavy (non-hydrogen) atoms. The summed E-state index contributed by atoms with van der Waals surface area (Å²) in [4.78, 5) is 4.62. The van der Waals surface area contributed by atoms with Crippen molar-refractivity contribution in [3.8, 4) is 0 Å². The van der Waals surface area contributed by atoms with Crippen molar-refractivity contribution in [2.45, 2.75) is 64.7 Å². The Hall–Kier alpha value is -1.59. The van der Waals surface area contributed by atoms with Crippen LogP contribution in [0.15, 0.2) is 29.3 Å². The van der Waals surface area contributed by atoms with E-state index in [2.05, 4.69) is 22.5 Å². The summed E-state index contributed by atoms with van der Waals surface area (Å²) in [6.07, 6.45) is 7.90. The van der Waals surface area contributed by atoms with E-state index >= 15 is 0 Å². The first kappa shape index (κ1) is 19.7. The van der Waals surface area contributed by atoms with E-state index in [9.17, 15) is 5.11 Å². The molecule has 140 valence electrons. The summed E-state index contributed by atoms with van der Waals surface area (Å²) in [5.41, 5.74) is 1.99. The van der Waals surface area contributed by atoms with E-state index in [4.69, 9.17) is 4.74 Å². The van der Waals surface area contributed by atoms with Crippen LogP contribution in [-0.4, -0.2) is 36.9 Å². The summed E-state index contributed by atoms with van der Waals surface area (Å²) in [6, 6.07) is 7.87. The topological polar surface area (TPSA) is 65.9 Å². The van der Waals surface area contributed by atoms with Crippen LogP contribution in [0.3, 0.4) is 0 Å². The van der Waals surface area contributed by atoms with Gasteiger partial charge in [0.2, 0.25) is 0 Å². The minimum Gasteiger partial charge on any atom is -0.392 e. The van der Waals surface area contributed by atoms with Crippen LogP contribution in [0.4, 0.5) is 0 Å². The van der Waals surface area contributed by atoms with E-state index in [-0.39, 0.29) is 6.61 Å². The van der Waals surface area contributed by atoms with Crippen molar-refractivity contribution in [1.82, 2.24) is 10.6 Å². The quantitative estimate of drug-likeness (QED) is 0.365. The van der Waals surface area contributed by atoms with Gasteiger partial charge in [0.05, 0.1) is 19.3 Å². The second kappa shape index (κ2) is 11.9.